The minimum atomic E-state index is -0.735. The highest BCUT2D eigenvalue weighted by molar-refractivity contribution is 5.83. The minimum absolute atomic E-state index is 0.144. The van der Waals surface area contributed by atoms with Gasteiger partial charge in [0, 0.05) is 24.0 Å². The number of esters is 2. The molecular formula is C29H38O8. The van der Waals surface area contributed by atoms with E-state index in [4.69, 9.17) is 23.7 Å². The third-order valence-corrected chi connectivity index (χ3v) is 9.24. The Labute approximate surface area is 218 Å². The minimum Gasteiger partial charge on any atom is -0.462 e. The van der Waals surface area contributed by atoms with Gasteiger partial charge in [-0.05, 0) is 40.0 Å². The summed E-state index contributed by atoms with van der Waals surface area (Å²) in [6, 6.07) is 0. The van der Waals surface area contributed by atoms with Gasteiger partial charge in [0.2, 0.25) is 0 Å². The summed E-state index contributed by atoms with van der Waals surface area (Å²) in [5.41, 5.74) is 0.318. The molecule has 3 aliphatic heterocycles. The zero-order valence-corrected chi connectivity index (χ0v) is 22.1. The number of allylic oxidation sites excluding steroid dienone is 3. The molecule has 2 bridgehead atoms. The fourth-order valence-corrected chi connectivity index (χ4v) is 6.85. The van der Waals surface area contributed by atoms with Gasteiger partial charge in [0.25, 0.3) is 0 Å². The molecule has 0 unspecified atom stereocenters. The SMILES string of the molecule is CC1=C[C@H]2O[C@@H]3C[C@H]4OC(=O)/C=C\C=C/[C@@H]([C@H](C)O)OCC/C(C)=C\C(=O)OC[C@@]2(CC1)[C@]4(C)[C@@]31CO1. The summed E-state index contributed by atoms with van der Waals surface area (Å²) < 4.78 is 30.6. The van der Waals surface area contributed by atoms with Gasteiger partial charge in [-0.15, -0.1) is 0 Å². The molecule has 3 fully saturated rings. The van der Waals surface area contributed by atoms with Crippen LogP contribution in [0.3, 0.4) is 0 Å². The fraction of sp³-hybridized carbons (Fsp3) is 0.655. The number of ether oxygens (including phenoxy) is 5. The van der Waals surface area contributed by atoms with Gasteiger partial charge in [0.15, 0.2) is 0 Å². The number of hydrogen-bond donors (Lipinski definition) is 1. The Bertz CT molecular complexity index is 1050. The number of aliphatic hydroxyl groups is 1. The molecule has 0 aromatic heterocycles. The fourth-order valence-electron chi connectivity index (χ4n) is 6.85. The molecule has 2 spiro atoms. The quantitative estimate of drug-likeness (QED) is 0.323. The molecule has 0 amide bonds. The van der Waals surface area contributed by atoms with Crippen LogP contribution >= 0.6 is 0 Å². The molecule has 0 aromatic rings. The third-order valence-electron chi connectivity index (χ3n) is 9.24. The van der Waals surface area contributed by atoms with Crippen LogP contribution in [0.25, 0.3) is 0 Å². The number of cyclic esters (lactones) is 1. The summed E-state index contributed by atoms with van der Waals surface area (Å²) in [5.74, 6) is -0.879. The van der Waals surface area contributed by atoms with Crippen LogP contribution in [0.2, 0.25) is 0 Å². The molecule has 202 valence electrons. The van der Waals surface area contributed by atoms with Crippen LogP contribution in [0.15, 0.2) is 47.6 Å². The van der Waals surface area contributed by atoms with Crippen LogP contribution in [0.1, 0.15) is 53.4 Å². The molecule has 1 saturated carbocycles. The molecule has 2 saturated heterocycles. The number of hydrogen-bond acceptors (Lipinski definition) is 8. The van der Waals surface area contributed by atoms with Gasteiger partial charge in [0.1, 0.15) is 24.4 Å². The second-order valence-corrected chi connectivity index (χ2v) is 11.4. The molecule has 8 nitrogen and oxygen atoms in total. The predicted molar refractivity (Wildman–Crippen MR) is 134 cm³/mol. The lowest BCUT2D eigenvalue weighted by molar-refractivity contribution is -0.232. The van der Waals surface area contributed by atoms with E-state index in [0.717, 1.165) is 18.4 Å². The third kappa shape index (κ3) is 4.42. The number of carbonyl (C=O) groups excluding carboxylic acids is 2. The molecule has 0 aromatic carbocycles. The van der Waals surface area contributed by atoms with Gasteiger partial charge < -0.3 is 28.8 Å². The van der Waals surface area contributed by atoms with E-state index in [9.17, 15) is 14.7 Å². The van der Waals surface area contributed by atoms with E-state index >= 15 is 0 Å². The first-order chi connectivity index (χ1) is 17.6. The number of rotatable bonds is 1. The van der Waals surface area contributed by atoms with Gasteiger partial charge in [0.05, 0.1) is 36.9 Å². The van der Waals surface area contributed by atoms with Gasteiger partial charge in [-0.1, -0.05) is 42.4 Å². The summed E-state index contributed by atoms with van der Waals surface area (Å²) in [6.45, 7) is 8.73. The maximum absolute atomic E-state index is 12.9. The summed E-state index contributed by atoms with van der Waals surface area (Å²) >= 11 is 0. The van der Waals surface area contributed by atoms with Crippen LogP contribution in [0.5, 0.6) is 0 Å². The van der Waals surface area contributed by atoms with Crippen molar-refractivity contribution in [3.63, 3.8) is 0 Å². The van der Waals surface area contributed by atoms with Crippen molar-refractivity contribution >= 4 is 11.9 Å². The van der Waals surface area contributed by atoms with E-state index in [2.05, 4.69) is 19.9 Å². The second kappa shape index (κ2) is 9.80. The first-order valence-electron chi connectivity index (χ1n) is 13.3. The average molecular weight is 515 g/mol. The van der Waals surface area contributed by atoms with Crippen LogP contribution in [0.4, 0.5) is 0 Å². The Morgan fingerprint density at radius 2 is 1.84 bits per heavy atom. The largest absolute Gasteiger partial charge is 0.462 e. The summed E-state index contributed by atoms with van der Waals surface area (Å²) in [7, 11) is 0. The first-order valence-corrected chi connectivity index (χ1v) is 13.3. The molecule has 37 heavy (non-hydrogen) atoms. The molecular weight excluding hydrogens is 476 g/mol. The Balaban J connectivity index is 1.51. The van der Waals surface area contributed by atoms with Crippen molar-refractivity contribution in [3.8, 4) is 0 Å². The average Bonchev–Trinajstić information content (AvgIpc) is 3.61. The van der Waals surface area contributed by atoms with E-state index < -0.39 is 46.7 Å². The lowest BCUT2D eigenvalue weighted by Gasteiger charge is -2.58. The Hall–Kier alpha value is -2.26. The Morgan fingerprint density at radius 1 is 1.05 bits per heavy atom. The lowest BCUT2D eigenvalue weighted by Crippen LogP contribution is -2.66. The van der Waals surface area contributed by atoms with Crippen molar-refractivity contribution in [2.75, 3.05) is 19.8 Å². The number of epoxide rings is 1. The molecule has 2 aliphatic carbocycles. The highest BCUT2D eigenvalue weighted by Gasteiger charge is 2.83. The van der Waals surface area contributed by atoms with Crippen LogP contribution in [-0.2, 0) is 33.3 Å². The lowest BCUT2D eigenvalue weighted by atomic mass is 9.51. The molecule has 5 rings (SSSR count). The monoisotopic (exact) mass is 514 g/mol. The summed E-state index contributed by atoms with van der Waals surface area (Å²) in [4.78, 5) is 25.9. The standard InChI is InChI=1S/C29H38O8/c1-18-9-11-28-16-34-26(32)14-19(2)10-12-33-21(20(3)30)7-5-6-8-25(31)37-22-15-24(36-23(28)13-18)29(17-35-29)27(22,28)4/h5-8,13-14,20-24,30H,9-12,15-17H2,1-4H3/b7-5-,8-6-,19-14-/t20-,21-,22+,23+,24+,27+,28+,29+/m0/s1. The number of carbonyl (C=O) groups is 2. The van der Waals surface area contributed by atoms with Gasteiger partial charge in [-0.2, -0.15) is 0 Å². The molecule has 8 atom stereocenters. The molecule has 0 radical (unpaired) electrons. The van der Waals surface area contributed by atoms with Gasteiger partial charge in [-0.3, -0.25) is 0 Å². The maximum atomic E-state index is 12.9. The topological polar surface area (TPSA) is 104 Å². The molecule has 8 heteroatoms. The van der Waals surface area contributed by atoms with Crippen molar-refractivity contribution in [1.29, 1.82) is 0 Å². The van der Waals surface area contributed by atoms with Crippen molar-refractivity contribution in [3.05, 3.63) is 47.6 Å². The van der Waals surface area contributed by atoms with E-state index in [-0.39, 0.29) is 18.8 Å². The maximum Gasteiger partial charge on any atom is 0.331 e. The highest BCUT2D eigenvalue weighted by atomic mass is 16.6. The molecule has 5 aliphatic rings. The van der Waals surface area contributed by atoms with E-state index in [1.807, 2.05) is 6.92 Å². The van der Waals surface area contributed by atoms with Crippen molar-refractivity contribution in [1.82, 2.24) is 0 Å². The van der Waals surface area contributed by atoms with Crippen molar-refractivity contribution < 1.29 is 38.4 Å². The first kappa shape index (κ1) is 26.4. The van der Waals surface area contributed by atoms with Crippen molar-refractivity contribution in [2.24, 2.45) is 10.8 Å². The summed E-state index contributed by atoms with van der Waals surface area (Å²) in [5, 5.41) is 10.0. The van der Waals surface area contributed by atoms with Gasteiger partial charge in [-0.25, -0.2) is 9.59 Å². The molecule has 3 heterocycles. The van der Waals surface area contributed by atoms with Crippen LogP contribution < -0.4 is 0 Å². The Morgan fingerprint density at radius 3 is 2.57 bits per heavy atom. The summed E-state index contributed by atoms with van der Waals surface area (Å²) in [6.07, 6.45) is 10.5. The van der Waals surface area contributed by atoms with Gasteiger partial charge >= 0.3 is 11.9 Å². The number of aliphatic hydroxyl groups excluding tert-OH is 1. The normalized spacial score (nSPS) is 46.2. The van der Waals surface area contributed by atoms with E-state index in [1.54, 1.807) is 25.2 Å². The molecule has 1 N–H and O–H groups in total. The highest BCUT2D eigenvalue weighted by Crippen LogP contribution is 2.72. The zero-order chi connectivity index (χ0) is 26.4. The van der Waals surface area contributed by atoms with Crippen molar-refractivity contribution in [2.45, 2.75) is 89.5 Å². The van der Waals surface area contributed by atoms with Crippen LogP contribution in [-0.4, -0.2) is 73.0 Å². The zero-order valence-electron chi connectivity index (χ0n) is 22.1. The Kier molecular flexibility index (Phi) is 6.98. The predicted octanol–water partition coefficient (Wildman–Crippen LogP) is 3.34. The second-order valence-electron chi connectivity index (χ2n) is 11.4. The van der Waals surface area contributed by atoms with E-state index in [1.165, 1.54) is 17.7 Å². The van der Waals surface area contributed by atoms with E-state index in [0.29, 0.717) is 26.1 Å². The smallest absolute Gasteiger partial charge is 0.331 e. The van der Waals surface area contributed by atoms with Crippen LogP contribution in [0, 0.1) is 10.8 Å².